The van der Waals surface area contributed by atoms with Gasteiger partial charge < -0.3 is 10.7 Å². The maximum absolute atomic E-state index is 13.1. The van der Waals surface area contributed by atoms with E-state index in [1.54, 1.807) is 12.1 Å². The van der Waals surface area contributed by atoms with Gasteiger partial charge in [0.1, 0.15) is 5.82 Å². The molecule has 0 spiro atoms. The first-order chi connectivity index (χ1) is 8.24. The lowest BCUT2D eigenvalue weighted by Gasteiger charge is -2.00. The Morgan fingerprint density at radius 2 is 1.82 bits per heavy atom. The number of nitrogens with one attached hydrogen (secondary N) is 1. The lowest BCUT2D eigenvalue weighted by molar-refractivity contribution is 0.632. The van der Waals surface area contributed by atoms with Crippen molar-refractivity contribution in [1.82, 2.24) is 4.98 Å². The summed E-state index contributed by atoms with van der Waals surface area (Å²) < 4.78 is 13.1. The van der Waals surface area contributed by atoms with Gasteiger partial charge in [-0.3, -0.25) is 0 Å². The van der Waals surface area contributed by atoms with Crippen LogP contribution in [0, 0.1) is 5.82 Å². The summed E-state index contributed by atoms with van der Waals surface area (Å²) in [5, 5.41) is 1.13. The minimum atomic E-state index is -0.384. The molecule has 3 N–H and O–H groups in total. The first-order valence-electron chi connectivity index (χ1n) is 5.37. The van der Waals surface area contributed by atoms with E-state index in [9.17, 15) is 4.39 Å². The van der Waals surface area contributed by atoms with Crippen molar-refractivity contribution < 1.29 is 4.39 Å². The van der Waals surface area contributed by atoms with Gasteiger partial charge in [-0.2, -0.15) is 0 Å². The van der Waals surface area contributed by atoms with Crippen LogP contribution in [0.2, 0.25) is 0 Å². The lowest BCUT2D eigenvalue weighted by atomic mass is 10.1. The van der Waals surface area contributed by atoms with Crippen molar-refractivity contribution in [2.75, 3.05) is 5.73 Å². The molecule has 2 aromatic carbocycles. The third-order valence-corrected chi connectivity index (χ3v) is 2.84. The molecule has 0 radical (unpaired) electrons. The quantitative estimate of drug-likeness (QED) is 0.612. The van der Waals surface area contributed by atoms with E-state index in [-0.39, 0.29) is 11.5 Å². The molecule has 0 atom stereocenters. The molecule has 84 valence electrons. The molecule has 0 bridgehead atoms. The monoisotopic (exact) mass is 226 g/mol. The molecular weight excluding hydrogens is 215 g/mol. The molecule has 2 nitrogen and oxygen atoms in total. The van der Waals surface area contributed by atoms with Crippen LogP contribution in [0.3, 0.4) is 0 Å². The summed E-state index contributed by atoms with van der Waals surface area (Å²) in [6, 6.07) is 14.8. The fraction of sp³-hybridized carbons (Fsp3) is 0. The van der Waals surface area contributed by atoms with E-state index in [1.165, 1.54) is 6.07 Å². The number of aromatic nitrogens is 1. The maximum atomic E-state index is 13.1. The van der Waals surface area contributed by atoms with E-state index in [0.29, 0.717) is 0 Å². The molecule has 17 heavy (non-hydrogen) atoms. The number of nitrogens with two attached hydrogens (primary N) is 1. The summed E-state index contributed by atoms with van der Waals surface area (Å²) in [5.41, 5.74) is 8.62. The van der Waals surface area contributed by atoms with E-state index in [0.717, 1.165) is 22.2 Å². The molecule has 3 rings (SSSR count). The molecule has 0 saturated carbocycles. The lowest BCUT2D eigenvalue weighted by Crippen LogP contribution is -1.90. The molecule has 0 amide bonds. The van der Waals surface area contributed by atoms with Crippen molar-refractivity contribution >= 4 is 16.6 Å². The van der Waals surface area contributed by atoms with E-state index < -0.39 is 0 Å². The van der Waals surface area contributed by atoms with Crippen molar-refractivity contribution in [2.24, 2.45) is 0 Å². The summed E-state index contributed by atoms with van der Waals surface area (Å²) in [6.45, 7) is 0. The number of anilines is 1. The molecule has 0 fully saturated rings. The SMILES string of the molecule is Nc1cc(-c2cc3ccccc3[nH]2)ccc1F. The Kier molecular flexibility index (Phi) is 2.11. The molecule has 0 aliphatic heterocycles. The third-order valence-electron chi connectivity index (χ3n) is 2.84. The molecule has 3 aromatic rings. The van der Waals surface area contributed by atoms with Crippen LogP contribution in [0.25, 0.3) is 22.2 Å². The molecule has 3 heteroatoms. The molecule has 0 aliphatic carbocycles. The number of para-hydroxylation sites is 1. The van der Waals surface area contributed by atoms with Gasteiger partial charge in [-0.15, -0.1) is 0 Å². The zero-order valence-electron chi connectivity index (χ0n) is 9.07. The molecule has 1 heterocycles. The summed E-state index contributed by atoms with van der Waals surface area (Å²) in [5.74, 6) is -0.384. The van der Waals surface area contributed by atoms with Gasteiger partial charge >= 0.3 is 0 Å². The third kappa shape index (κ3) is 1.65. The molecular formula is C14H11FN2. The maximum Gasteiger partial charge on any atom is 0.146 e. The highest BCUT2D eigenvalue weighted by atomic mass is 19.1. The summed E-state index contributed by atoms with van der Waals surface area (Å²) in [4.78, 5) is 3.28. The van der Waals surface area contributed by atoms with E-state index in [2.05, 4.69) is 4.98 Å². The Hall–Kier alpha value is -2.29. The average molecular weight is 226 g/mol. The van der Waals surface area contributed by atoms with Gasteiger partial charge in [0.25, 0.3) is 0 Å². The summed E-state index contributed by atoms with van der Waals surface area (Å²) in [7, 11) is 0. The average Bonchev–Trinajstić information content (AvgIpc) is 2.76. The van der Waals surface area contributed by atoms with Crippen molar-refractivity contribution in [2.45, 2.75) is 0 Å². The van der Waals surface area contributed by atoms with Crippen molar-refractivity contribution in [3.8, 4) is 11.3 Å². The van der Waals surface area contributed by atoms with Gasteiger partial charge in [-0.1, -0.05) is 18.2 Å². The minimum absolute atomic E-state index is 0.168. The molecule has 1 aromatic heterocycles. The van der Waals surface area contributed by atoms with Crippen LogP contribution >= 0.6 is 0 Å². The number of H-pyrrole nitrogens is 1. The smallest absolute Gasteiger partial charge is 0.146 e. The van der Waals surface area contributed by atoms with E-state index in [1.807, 2.05) is 30.3 Å². The number of hydrogen-bond acceptors (Lipinski definition) is 1. The van der Waals surface area contributed by atoms with Gasteiger partial charge in [0.15, 0.2) is 0 Å². The fourth-order valence-electron chi connectivity index (χ4n) is 1.94. The highest BCUT2D eigenvalue weighted by Crippen LogP contribution is 2.26. The second-order valence-electron chi connectivity index (χ2n) is 4.01. The second-order valence-corrected chi connectivity index (χ2v) is 4.01. The van der Waals surface area contributed by atoms with Gasteiger partial charge in [-0.25, -0.2) is 4.39 Å². The Morgan fingerprint density at radius 1 is 1.00 bits per heavy atom. The molecule has 0 unspecified atom stereocenters. The normalized spacial score (nSPS) is 10.9. The van der Waals surface area contributed by atoms with Crippen molar-refractivity contribution in [3.63, 3.8) is 0 Å². The van der Waals surface area contributed by atoms with E-state index in [4.69, 9.17) is 5.73 Å². The summed E-state index contributed by atoms with van der Waals surface area (Å²) >= 11 is 0. The van der Waals surface area contributed by atoms with Crippen LogP contribution in [0.4, 0.5) is 10.1 Å². The predicted octanol–water partition coefficient (Wildman–Crippen LogP) is 3.56. The zero-order valence-corrected chi connectivity index (χ0v) is 9.07. The number of hydrogen-bond donors (Lipinski definition) is 2. The first-order valence-corrected chi connectivity index (χ1v) is 5.37. The van der Waals surface area contributed by atoms with Gasteiger partial charge in [0.05, 0.1) is 5.69 Å². The van der Waals surface area contributed by atoms with Crippen molar-refractivity contribution in [3.05, 3.63) is 54.3 Å². The number of nitrogen functional groups attached to an aromatic ring is 1. The zero-order chi connectivity index (χ0) is 11.8. The van der Waals surface area contributed by atoms with Crippen LogP contribution in [0.5, 0.6) is 0 Å². The van der Waals surface area contributed by atoms with Crippen LogP contribution in [0.15, 0.2) is 48.5 Å². The van der Waals surface area contributed by atoms with E-state index >= 15 is 0 Å². The highest BCUT2D eigenvalue weighted by molar-refractivity contribution is 5.86. The van der Waals surface area contributed by atoms with Gasteiger partial charge in [-0.05, 0) is 30.3 Å². The fourth-order valence-corrected chi connectivity index (χ4v) is 1.94. The van der Waals surface area contributed by atoms with Crippen LogP contribution in [-0.4, -0.2) is 4.98 Å². The van der Waals surface area contributed by atoms with Crippen molar-refractivity contribution in [1.29, 1.82) is 0 Å². The number of benzene rings is 2. The minimum Gasteiger partial charge on any atom is -0.396 e. The van der Waals surface area contributed by atoms with Gasteiger partial charge in [0, 0.05) is 22.2 Å². The first kappa shape index (κ1) is 9.90. The van der Waals surface area contributed by atoms with Crippen LogP contribution in [0.1, 0.15) is 0 Å². The van der Waals surface area contributed by atoms with Crippen LogP contribution in [-0.2, 0) is 0 Å². The number of fused-ring (bicyclic) bond motifs is 1. The summed E-state index contributed by atoms with van der Waals surface area (Å²) in [6.07, 6.45) is 0. The highest BCUT2D eigenvalue weighted by Gasteiger charge is 2.05. The molecule has 0 aliphatic rings. The topological polar surface area (TPSA) is 41.8 Å². The Morgan fingerprint density at radius 3 is 2.59 bits per heavy atom. The Balaban J connectivity index is 2.17. The largest absolute Gasteiger partial charge is 0.396 e. The number of aromatic amines is 1. The number of rotatable bonds is 1. The van der Waals surface area contributed by atoms with Crippen LogP contribution < -0.4 is 5.73 Å². The predicted molar refractivity (Wildman–Crippen MR) is 68.1 cm³/mol. The Bertz CT molecular complexity index is 653. The Labute approximate surface area is 97.9 Å². The standard InChI is InChI=1S/C14H11FN2/c15-11-6-5-10(7-12(11)16)14-8-9-3-1-2-4-13(9)17-14/h1-8,17H,16H2. The molecule has 0 saturated heterocycles. The second kappa shape index (κ2) is 3.63. The van der Waals surface area contributed by atoms with Gasteiger partial charge in [0.2, 0.25) is 0 Å². The number of halogens is 1.